The maximum Gasteiger partial charge on any atom is 0.237 e. The first-order valence-corrected chi connectivity index (χ1v) is 7.03. The van der Waals surface area contributed by atoms with Gasteiger partial charge in [0.1, 0.15) is 0 Å². The SMILES string of the molecule is C=CCN(CC=C)CC(=O)N1CCc2ccccc2C1. The minimum atomic E-state index is 0.184. The molecule has 2 rings (SSSR count). The highest BCUT2D eigenvalue weighted by molar-refractivity contribution is 5.78. The Morgan fingerprint density at radius 1 is 1.20 bits per heavy atom. The highest BCUT2D eigenvalue weighted by Gasteiger charge is 2.21. The number of carbonyl (C=O) groups excluding carboxylic acids is 1. The molecule has 1 aromatic carbocycles. The Morgan fingerprint density at radius 2 is 1.85 bits per heavy atom. The van der Waals surface area contributed by atoms with Crippen molar-refractivity contribution in [3.63, 3.8) is 0 Å². The molecular weight excluding hydrogens is 248 g/mol. The molecule has 20 heavy (non-hydrogen) atoms. The maximum atomic E-state index is 12.4. The van der Waals surface area contributed by atoms with E-state index in [1.54, 1.807) is 0 Å². The van der Waals surface area contributed by atoms with Gasteiger partial charge >= 0.3 is 0 Å². The van der Waals surface area contributed by atoms with Crippen LogP contribution in [0.2, 0.25) is 0 Å². The Hall–Kier alpha value is -1.87. The van der Waals surface area contributed by atoms with E-state index in [0.29, 0.717) is 19.6 Å². The van der Waals surface area contributed by atoms with Crippen LogP contribution in [0.4, 0.5) is 0 Å². The summed E-state index contributed by atoms with van der Waals surface area (Å²) in [7, 11) is 0. The van der Waals surface area contributed by atoms with Crippen molar-refractivity contribution in [2.45, 2.75) is 13.0 Å². The zero-order valence-electron chi connectivity index (χ0n) is 11.9. The first kappa shape index (κ1) is 14.5. The molecule has 0 radical (unpaired) electrons. The van der Waals surface area contributed by atoms with E-state index in [2.05, 4.69) is 31.4 Å². The van der Waals surface area contributed by atoms with E-state index < -0.39 is 0 Å². The molecule has 0 N–H and O–H groups in total. The molecule has 106 valence electrons. The summed E-state index contributed by atoms with van der Waals surface area (Å²) in [5.74, 6) is 0.184. The third-order valence-corrected chi connectivity index (χ3v) is 3.62. The second-order valence-electron chi connectivity index (χ2n) is 5.11. The zero-order valence-corrected chi connectivity index (χ0v) is 11.9. The lowest BCUT2D eigenvalue weighted by Crippen LogP contribution is -2.42. The average Bonchev–Trinajstić information content (AvgIpc) is 2.47. The molecule has 1 heterocycles. The lowest BCUT2D eigenvalue weighted by molar-refractivity contribution is -0.133. The Labute approximate surface area is 121 Å². The molecule has 3 nitrogen and oxygen atoms in total. The topological polar surface area (TPSA) is 23.6 Å². The summed E-state index contributed by atoms with van der Waals surface area (Å²) < 4.78 is 0. The second-order valence-corrected chi connectivity index (χ2v) is 5.11. The average molecular weight is 270 g/mol. The number of hydrogen-bond acceptors (Lipinski definition) is 2. The molecule has 0 unspecified atom stereocenters. The smallest absolute Gasteiger partial charge is 0.237 e. The minimum absolute atomic E-state index is 0.184. The third-order valence-electron chi connectivity index (χ3n) is 3.62. The predicted octanol–water partition coefficient (Wildman–Crippen LogP) is 2.25. The lowest BCUT2D eigenvalue weighted by Gasteiger charge is -2.30. The molecule has 0 atom stereocenters. The number of nitrogens with zero attached hydrogens (tertiary/aromatic N) is 2. The number of amides is 1. The summed E-state index contributed by atoms with van der Waals surface area (Å²) in [4.78, 5) is 16.4. The van der Waals surface area contributed by atoms with Crippen molar-refractivity contribution in [1.29, 1.82) is 0 Å². The van der Waals surface area contributed by atoms with Gasteiger partial charge in [-0.25, -0.2) is 0 Å². The Bertz CT molecular complexity index is 486. The van der Waals surface area contributed by atoms with Crippen LogP contribution in [0, 0.1) is 0 Å². The van der Waals surface area contributed by atoms with E-state index in [1.807, 2.05) is 28.0 Å². The van der Waals surface area contributed by atoms with Gasteiger partial charge in [-0.05, 0) is 17.5 Å². The van der Waals surface area contributed by atoms with Crippen LogP contribution in [0.25, 0.3) is 0 Å². The molecule has 1 amide bonds. The van der Waals surface area contributed by atoms with Crippen LogP contribution < -0.4 is 0 Å². The Morgan fingerprint density at radius 3 is 2.50 bits per heavy atom. The summed E-state index contributed by atoms with van der Waals surface area (Å²) in [6.45, 7) is 10.9. The first-order valence-electron chi connectivity index (χ1n) is 7.03. The van der Waals surface area contributed by atoms with Crippen molar-refractivity contribution in [2.24, 2.45) is 0 Å². The van der Waals surface area contributed by atoms with Gasteiger partial charge in [0, 0.05) is 26.2 Å². The number of benzene rings is 1. The summed E-state index contributed by atoms with van der Waals surface area (Å²) >= 11 is 0. The molecule has 0 aliphatic carbocycles. The molecule has 0 aromatic heterocycles. The summed E-state index contributed by atoms with van der Waals surface area (Å²) in [6.07, 6.45) is 4.59. The molecular formula is C17H22N2O. The van der Waals surface area contributed by atoms with Gasteiger partial charge in [0.05, 0.1) is 6.54 Å². The number of rotatable bonds is 6. The van der Waals surface area contributed by atoms with Crippen LogP contribution in [-0.2, 0) is 17.8 Å². The molecule has 0 saturated heterocycles. The Balaban J connectivity index is 1.97. The minimum Gasteiger partial charge on any atom is -0.337 e. The van der Waals surface area contributed by atoms with Gasteiger partial charge in [0.15, 0.2) is 0 Å². The maximum absolute atomic E-state index is 12.4. The third kappa shape index (κ3) is 3.58. The van der Waals surface area contributed by atoms with Crippen LogP contribution in [-0.4, -0.2) is 41.9 Å². The van der Waals surface area contributed by atoms with Crippen LogP contribution in [0.15, 0.2) is 49.6 Å². The van der Waals surface area contributed by atoms with Crippen LogP contribution in [0.1, 0.15) is 11.1 Å². The quantitative estimate of drug-likeness (QED) is 0.740. The number of fused-ring (bicyclic) bond motifs is 1. The lowest BCUT2D eigenvalue weighted by atomic mass is 10.00. The molecule has 0 bridgehead atoms. The van der Waals surface area contributed by atoms with Crippen molar-refractivity contribution in [3.05, 3.63) is 60.7 Å². The summed E-state index contributed by atoms with van der Waals surface area (Å²) in [5.41, 5.74) is 2.64. The Kier molecular flexibility index (Phi) is 5.13. The summed E-state index contributed by atoms with van der Waals surface area (Å²) in [5, 5.41) is 0. The van der Waals surface area contributed by atoms with Crippen molar-refractivity contribution in [1.82, 2.24) is 9.80 Å². The van der Waals surface area contributed by atoms with Crippen LogP contribution in [0.3, 0.4) is 0 Å². The predicted molar refractivity (Wildman–Crippen MR) is 82.4 cm³/mol. The molecule has 0 saturated carbocycles. The molecule has 3 heteroatoms. The number of hydrogen-bond donors (Lipinski definition) is 0. The molecule has 0 fully saturated rings. The zero-order chi connectivity index (χ0) is 14.4. The van der Waals surface area contributed by atoms with E-state index in [-0.39, 0.29) is 5.91 Å². The number of carbonyl (C=O) groups is 1. The van der Waals surface area contributed by atoms with Gasteiger partial charge in [-0.1, -0.05) is 36.4 Å². The highest BCUT2D eigenvalue weighted by atomic mass is 16.2. The molecule has 0 spiro atoms. The largest absolute Gasteiger partial charge is 0.337 e. The molecule has 1 aromatic rings. The van der Waals surface area contributed by atoms with Crippen molar-refractivity contribution in [2.75, 3.05) is 26.2 Å². The van der Waals surface area contributed by atoms with Gasteiger partial charge in [-0.2, -0.15) is 0 Å². The van der Waals surface area contributed by atoms with E-state index in [4.69, 9.17) is 0 Å². The van der Waals surface area contributed by atoms with E-state index in [1.165, 1.54) is 11.1 Å². The van der Waals surface area contributed by atoms with Crippen molar-refractivity contribution >= 4 is 5.91 Å². The van der Waals surface area contributed by atoms with Gasteiger partial charge in [-0.15, -0.1) is 13.2 Å². The summed E-state index contributed by atoms with van der Waals surface area (Å²) in [6, 6.07) is 8.36. The van der Waals surface area contributed by atoms with Crippen molar-refractivity contribution < 1.29 is 4.79 Å². The molecule has 1 aliphatic rings. The van der Waals surface area contributed by atoms with Gasteiger partial charge < -0.3 is 4.90 Å². The second kappa shape index (κ2) is 7.06. The normalized spacial score (nSPS) is 13.9. The highest BCUT2D eigenvalue weighted by Crippen LogP contribution is 2.18. The molecule has 1 aliphatic heterocycles. The van der Waals surface area contributed by atoms with Crippen LogP contribution >= 0.6 is 0 Å². The van der Waals surface area contributed by atoms with Crippen LogP contribution in [0.5, 0.6) is 0 Å². The standard InChI is InChI=1S/C17H22N2O/c1-3-10-18(11-4-2)14-17(20)19-12-9-15-7-5-6-8-16(15)13-19/h3-8H,1-2,9-14H2. The van der Waals surface area contributed by atoms with E-state index in [0.717, 1.165) is 19.5 Å². The van der Waals surface area contributed by atoms with E-state index in [9.17, 15) is 4.79 Å². The fourth-order valence-electron chi connectivity index (χ4n) is 2.57. The van der Waals surface area contributed by atoms with Gasteiger partial charge in [-0.3, -0.25) is 9.69 Å². The monoisotopic (exact) mass is 270 g/mol. The van der Waals surface area contributed by atoms with E-state index >= 15 is 0 Å². The van der Waals surface area contributed by atoms with Crippen molar-refractivity contribution in [3.8, 4) is 0 Å². The first-order chi connectivity index (χ1) is 9.74. The fourth-order valence-corrected chi connectivity index (χ4v) is 2.57. The fraction of sp³-hybridized carbons (Fsp3) is 0.353. The van der Waals surface area contributed by atoms with Gasteiger partial charge in [0.25, 0.3) is 0 Å². The van der Waals surface area contributed by atoms with Gasteiger partial charge in [0.2, 0.25) is 5.91 Å².